The first-order chi connectivity index (χ1) is 18.2. The molecule has 7 nitrogen and oxygen atoms in total. The smallest absolute Gasteiger partial charge is 0.287 e. The van der Waals surface area contributed by atoms with Crippen molar-refractivity contribution in [2.75, 3.05) is 19.7 Å². The van der Waals surface area contributed by atoms with E-state index in [1.807, 2.05) is 24.3 Å². The van der Waals surface area contributed by atoms with Crippen LogP contribution in [0.3, 0.4) is 0 Å². The van der Waals surface area contributed by atoms with Gasteiger partial charge in [-0.15, -0.1) is 5.10 Å². The number of rotatable bonds is 9. The predicted octanol–water partition coefficient (Wildman–Crippen LogP) is 3.97. The summed E-state index contributed by atoms with van der Waals surface area (Å²) < 4.78 is 67.9. The lowest BCUT2D eigenvalue weighted by Gasteiger charge is -2.74. The zero-order valence-electron chi connectivity index (χ0n) is 20.7. The lowest BCUT2D eigenvalue weighted by atomic mass is 9.30. The maximum atomic E-state index is 16.3. The standard InChI is InChI=1S/C27H29F4N5O2/c28-20-3-6-22(23(29)11-20)26(37,16-36-17-33-34-35-36)27(30,31)25-13-24(14-25,15-25)19-1-4-21(5-2-19)38-12-18-7-9-32-10-8-18/h1-6,11,17-18,32,37H,7-10,12-16H2. The Kier molecular flexibility index (Phi) is 5.99. The maximum Gasteiger partial charge on any atom is 0.287 e. The second-order valence-electron chi connectivity index (χ2n) is 11.2. The molecule has 0 amide bonds. The molecular formula is C27H29F4N5O2. The van der Waals surface area contributed by atoms with Crippen LogP contribution in [0.4, 0.5) is 17.6 Å². The summed E-state index contributed by atoms with van der Waals surface area (Å²) in [5.74, 6) is -4.65. The number of alkyl halides is 2. The minimum Gasteiger partial charge on any atom is -0.493 e. The van der Waals surface area contributed by atoms with Crippen LogP contribution < -0.4 is 10.1 Å². The van der Waals surface area contributed by atoms with Gasteiger partial charge < -0.3 is 15.2 Å². The molecule has 1 saturated heterocycles. The van der Waals surface area contributed by atoms with Gasteiger partial charge in [-0.05, 0) is 96.8 Å². The van der Waals surface area contributed by atoms with Gasteiger partial charge in [0.05, 0.1) is 13.2 Å². The molecule has 1 aliphatic heterocycles. The van der Waals surface area contributed by atoms with Crippen LogP contribution in [0.15, 0.2) is 48.8 Å². The summed E-state index contributed by atoms with van der Waals surface area (Å²) in [5.41, 5.74) is -4.68. The summed E-state index contributed by atoms with van der Waals surface area (Å²) in [4.78, 5) is 0. The molecule has 0 radical (unpaired) electrons. The minimum atomic E-state index is -3.75. The highest BCUT2D eigenvalue weighted by Gasteiger charge is 2.82. The summed E-state index contributed by atoms with van der Waals surface area (Å²) in [6.45, 7) is 1.87. The van der Waals surface area contributed by atoms with E-state index in [9.17, 15) is 13.9 Å². The van der Waals surface area contributed by atoms with E-state index in [-0.39, 0.29) is 19.3 Å². The molecule has 2 heterocycles. The number of hydrogen-bond donors (Lipinski definition) is 2. The van der Waals surface area contributed by atoms with Gasteiger partial charge in [0.1, 0.15) is 23.7 Å². The largest absolute Gasteiger partial charge is 0.493 e. The molecule has 3 aromatic rings. The maximum absolute atomic E-state index is 16.3. The molecule has 3 aliphatic carbocycles. The van der Waals surface area contributed by atoms with Gasteiger partial charge in [0.25, 0.3) is 5.92 Å². The monoisotopic (exact) mass is 531 g/mol. The number of tetrazole rings is 1. The lowest BCUT2D eigenvalue weighted by Crippen LogP contribution is -2.76. The number of hydrogen-bond acceptors (Lipinski definition) is 6. The van der Waals surface area contributed by atoms with E-state index >= 15 is 8.78 Å². The number of nitrogens with one attached hydrogen (secondary N) is 1. The van der Waals surface area contributed by atoms with Crippen LogP contribution in [0.5, 0.6) is 5.75 Å². The molecule has 2 N–H and O–H groups in total. The van der Waals surface area contributed by atoms with Crippen molar-refractivity contribution in [3.63, 3.8) is 0 Å². The number of nitrogens with zero attached hydrogens (tertiary/aromatic N) is 4. The molecule has 1 unspecified atom stereocenters. The zero-order valence-corrected chi connectivity index (χ0v) is 20.7. The third-order valence-electron chi connectivity index (χ3n) is 8.79. The zero-order chi connectivity index (χ0) is 26.6. The van der Waals surface area contributed by atoms with Crippen molar-refractivity contribution in [2.24, 2.45) is 11.3 Å². The van der Waals surface area contributed by atoms with Crippen molar-refractivity contribution in [3.8, 4) is 5.75 Å². The molecule has 2 bridgehead atoms. The number of piperidine rings is 1. The Balaban J connectivity index is 1.19. The summed E-state index contributed by atoms with van der Waals surface area (Å²) in [7, 11) is 0. The average molecular weight is 532 g/mol. The van der Waals surface area contributed by atoms with Crippen molar-refractivity contribution in [1.82, 2.24) is 25.5 Å². The summed E-state index contributed by atoms with van der Waals surface area (Å²) >= 11 is 0. The Bertz CT molecular complexity index is 1280. The van der Waals surface area contributed by atoms with Gasteiger partial charge in [0, 0.05) is 17.0 Å². The summed E-state index contributed by atoms with van der Waals surface area (Å²) in [6.07, 6.45) is 3.66. The van der Waals surface area contributed by atoms with Crippen molar-refractivity contribution in [1.29, 1.82) is 0 Å². The molecule has 3 saturated carbocycles. The van der Waals surface area contributed by atoms with Crippen LogP contribution in [0, 0.1) is 23.0 Å². The quantitative estimate of drug-likeness (QED) is 0.407. The van der Waals surface area contributed by atoms with Crippen LogP contribution in [0.2, 0.25) is 0 Å². The number of aliphatic hydroxyl groups is 1. The van der Waals surface area contributed by atoms with Gasteiger partial charge in [0.2, 0.25) is 0 Å². The highest BCUT2D eigenvalue weighted by Crippen LogP contribution is 2.80. The van der Waals surface area contributed by atoms with Crippen molar-refractivity contribution < 1.29 is 27.4 Å². The van der Waals surface area contributed by atoms with Crippen LogP contribution in [-0.2, 0) is 17.6 Å². The SMILES string of the molecule is OC(Cn1cnnn1)(c1ccc(F)cc1F)C(F)(F)C12CC(c3ccc(OCC4CCNCC4)cc3)(C1)C2. The Morgan fingerprint density at radius 1 is 1.05 bits per heavy atom. The number of benzene rings is 2. The Hall–Kier alpha value is -3.05. The Morgan fingerprint density at radius 2 is 1.76 bits per heavy atom. The van der Waals surface area contributed by atoms with E-state index < -0.39 is 46.1 Å². The first-order valence-corrected chi connectivity index (χ1v) is 12.9. The van der Waals surface area contributed by atoms with E-state index in [4.69, 9.17) is 4.74 Å². The Labute approximate surface area is 217 Å². The molecule has 1 atom stereocenters. The number of ether oxygens (including phenoxy) is 1. The molecule has 4 aliphatic rings. The molecule has 4 fully saturated rings. The number of aromatic nitrogens is 4. The van der Waals surface area contributed by atoms with Crippen LogP contribution >= 0.6 is 0 Å². The van der Waals surface area contributed by atoms with Crippen LogP contribution in [0.25, 0.3) is 0 Å². The molecule has 1 aromatic heterocycles. The van der Waals surface area contributed by atoms with Crippen molar-refractivity contribution in [2.45, 2.75) is 55.6 Å². The normalized spacial score (nSPS) is 26.8. The summed E-state index contributed by atoms with van der Waals surface area (Å²) in [5, 5.41) is 25.3. The van der Waals surface area contributed by atoms with Gasteiger partial charge in [0.15, 0.2) is 5.60 Å². The highest BCUT2D eigenvalue weighted by atomic mass is 19.3. The molecule has 0 spiro atoms. The summed E-state index contributed by atoms with van der Waals surface area (Å²) in [6, 6.07) is 9.82. The first-order valence-electron chi connectivity index (χ1n) is 12.9. The second kappa shape index (κ2) is 9.01. The molecule has 202 valence electrons. The van der Waals surface area contributed by atoms with E-state index in [1.165, 1.54) is 0 Å². The van der Waals surface area contributed by atoms with Crippen LogP contribution in [0.1, 0.15) is 43.2 Å². The predicted molar refractivity (Wildman–Crippen MR) is 129 cm³/mol. The second-order valence-corrected chi connectivity index (χ2v) is 11.2. The third-order valence-corrected chi connectivity index (χ3v) is 8.79. The fraction of sp³-hybridized carbons (Fsp3) is 0.519. The van der Waals surface area contributed by atoms with Gasteiger partial charge in [-0.25, -0.2) is 22.2 Å². The minimum absolute atomic E-state index is 0.142. The van der Waals surface area contributed by atoms with Crippen molar-refractivity contribution in [3.05, 3.63) is 71.6 Å². The highest BCUT2D eigenvalue weighted by molar-refractivity contribution is 5.44. The molecule has 7 rings (SSSR count). The topological polar surface area (TPSA) is 85.1 Å². The fourth-order valence-corrected chi connectivity index (χ4v) is 6.70. The van der Waals surface area contributed by atoms with Crippen molar-refractivity contribution >= 4 is 0 Å². The molecule has 11 heteroatoms. The van der Waals surface area contributed by atoms with E-state index in [0.29, 0.717) is 18.6 Å². The fourth-order valence-electron chi connectivity index (χ4n) is 6.70. The van der Waals surface area contributed by atoms with Gasteiger partial charge >= 0.3 is 0 Å². The average Bonchev–Trinajstić information content (AvgIpc) is 3.35. The first kappa shape index (κ1) is 25.2. The van der Waals surface area contributed by atoms with Gasteiger partial charge in [-0.1, -0.05) is 12.1 Å². The van der Waals surface area contributed by atoms with E-state index in [1.54, 1.807) is 0 Å². The van der Waals surface area contributed by atoms with Gasteiger partial charge in [-0.3, -0.25) is 0 Å². The van der Waals surface area contributed by atoms with E-state index in [2.05, 4.69) is 20.8 Å². The third kappa shape index (κ3) is 3.89. The van der Waals surface area contributed by atoms with Crippen LogP contribution in [-0.4, -0.2) is 50.9 Å². The lowest BCUT2D eigenvalue weighted by molar-refractivity contribution is -0.347. The molecule has 38 heavy (non-hydrogen) atoms. The Morgan fingerprint density at radius 3 is 2.39 bits per heavy atom. The number of halogens is 4. The molecule has 2 aromatic carbocycles. The molecular weight excluding hydrogens is 502 g/mol. The van der Waals surface area contributed by atoms with Gasteiger partial charge in [-0.2, -0.15) is 0 Å². The van der Waals surface area contributed by atoms with E-state index in [0.717, 1.165) is 60.4 Å².